The number of benzene rings is 3. The number of hydrogen-bond acceptors (Lipinski definition) is 4. The van der Waals surface area contributed by atoms with Crippen molar-refractivity contribution < 1.29 is 18.7 Å². The van der Waals surface area contributed by atoms with Gasteiger partial charge < -0.3 is 9.47 Å². The van der Waals surface area contributed by atoms with Crippen molar-refractivity contribution in [1.29, 1.82) is 0 Å². The van der Waals surface area contributed by atoms with Crippen LogP contribution in [-0.2, 0) is 0 Å². The molecule has 0 spiro atoms. The Morgan fingerprint density at radius 2 is 1.77 bits per heavy atom. The quantitative estimate of drug-likeness (QED) is 0.200. The highest BCUT2D eigenvalue weighted by molar-refractivity contribution is 7.12. The first-order valence-electron chi connectivity index (χ1n) is 11.4. The topological polar surface area (TPSA) is 35.5 Å². The molecule has 3 nitrogen and oxygen atoms in total. The predicted octanol–water partition coefficient (Wildman–Crippen LogP) is 7.66. The zero-order valence-electron chi connectivity index (χ0n) is 19.1. The molecule has 2 heterocycles. The molecule has 1 aromatic heterocycles. The van der Waals surface area contributed by atoms with Gasteiger partial charge >= 0.3 is 0 Å². The van der Waals surface area contributed by atoms with Gasteiger partial charge in [0.1, 0.15) is 23.1 Å². The van der Waals surface area contributed by atoms with Crippen LogP contribution in [0.15, 0.2) is 108 Å². The van der Waals surface area contributed by atoms with Crippen LogP contribution in [0.1, 0.15) is 39.2 Å². The molecule has 0 fully saturated rings. The van der Waals surface area contributed by atoms with Crippen LogP contribution in [0.4, 0.5) is 4.39 Å². The molecule has 0 amide bonds. The van der Waals surface area contributed by atoms with E-state index in [0.717, 1.165) is 33.8 Å². The van der Waals surface area contributed by atoms with Gasteiger partial charge in [-0.3, -0.25) is 4.79 Å². The van der Waals surface area contributed by atoms with Gasteiger partial charge in [0.2, 0.25) is 0 Å². The zero-order valence-corrected chi connectivity index (χ0v) is 19.9. The first-order chi connectivity index (χ1) is 17.1. The molecule has 3 aromatic carbocycles. The van der Waals surface area contributed by atoms with Crippen LogP contribution in [0.25, 0.3) is 5.76 Å². The highest BCUT2D eigenvalue weighted by Crippen LogP contribution is 2.46. The highest BCUT2D eigenvalue weighted by atomic mass is 32.1. The monoisotopic (exact) mass is 482 g/mol. The van der Waals surface area contributed by atoms with Gasteiger partial charge in [0.05, 0.1) is 11.5 Å². The SMILES string of the molecule is CCOc1ccc(C2=C(/C=C\C(=O)c3cccs3)[C@@H](c3ccc(F)cc3)c3ccccc3O2)cc1. The van der Waals surface area contributed by atoms with Crippen LogP contribution >= 0.6 is 11.3 Å². The minimum absolute atomic E-state index is 0.0738. The van der Waals surface area contributed by atoms with Gasteiger partial charge in [0.25, 0.3) is 0 Å². The minimum Gasteiger partial charge on any atom is -0.494 e. The molecule has 0 bridgehead atoms. The van der Waals surface area contributed by atoms with Crippen LogP contribution < -0.4 is 9.47 Å². The lowest BCUT2D eigenvalue weighted by atomic mass is 9.81. The van der Waals surface area contributed by atoms with Crippen molar-refractivity contribution in [3.05, 3.63) is 135 Å². The van der Waals surface area contributed by atoms with Gasteiger partial charge in [-0.05, 0) is 72.5 Å². The number of fused-ring (bicyclic) bond motifs is 1. The second kappa shape index (κ2) is 10.1. The van der Waals surface area contributed by atoms with E-state index >= 15 is 0 Å². The summed E-state index contributed by atoms with van der Waals surface area (Å²) in [4.78, 5) is 13.5. The summed E-state index contributed by atoms with van der Waals surface area (Å²) in [6, 6.07) is 25.7. The van der Waals surface area contributed by atoms with Crippen molar-refractivity contribution in [2.45, 2.75) is 12.8 Å². The summed E-state index contributed by atoms with van der Waals surface area (Å²) >= 11 is 1.40. The second-order valence-electron chi connectivity index (χ2n) is 8.04. The lowest BCUT2D eigenvalue weighted by Gasteiger charge is -2.30. The lowest BCUT2D eigenvalue weighted by molar-refractivity contribution is 0.105. The van der Waals surface area contributed by atoms with E-state index in [1.54, 1.807) is 18.2 Å². The average Bonchev–Trinajstić information content (AvgIpc) is 3.43. The summed E-state index contributed by atoms with van der Waals surface area (Å²) in [5, 5.41) is 1.88. The molecule has 0 radical (unpaired) electrons. The maximum Gasteiger partial charge on any atom is 0.195 e. The Morgan fingerprint density at radius 3 is 2.49 bits per heavy atom. The standard InChI is InChI=1S/C30H23FO3S/c1-2-33-23-15-11-21(12-16-23)30-25(17-18-26(32)28-8-5-19-35-28)29(20-9-13-22(31)14-10-20)24-6-3-4-7-27(24)34-30/h3-19,29H,2H2,1H3/b18-17-/t29-/m0/s1. The van der Waals surface area contributed by atoms with E-state index in [-0.39, 0.29) is 17.5 Å². The number of ether oxygens (including phenoxy) is 2. The summed E-state index contributed by atoms with van der Waals surface area (Å²) < 4.78 is 25.8. The Bertz CT molecular complexity index is 1380. The molecule has 5 heteroatoms. The smallest absolute Gasteiger partial charge is 0.195 e. The van der Waals surface area contributed by atoms with Gasteiger partial charge in [-0.25, -0.2) is 4.39 Å². The molecule has 0 saturated heterocycles. The van der Waals surface area contributed by atoms with Gasteiger partial charge in [0.15, 0.2) is 5.78 Å². The predicted molar refractivity (Wildman–Crippen MR) is 138 cm³/mol. The van der Waals surface area contributed by atoms with Gasteiger partial charge in [-0.2, -0.15) is 0 Å². The molecule has 35 heavy (non-hydrogen) atoms. The van der Waals surface area contributed by atoms with Gasteiger partial charge in [0, 0.05) is 22.6 Å². The number of carbonyl (C=O) groups is 1. The van der Waals surface area contributed by atoms with E-state index in [9.17, 15) is 9.18 Å². The number of carbonyl (C=O) groups excluding carboxylic acids is 1. The van der Waals surface area contributed by atoms with Gasteiger partial charge in [-0.1, -0.05) is 42.5 Å². The Hall–Kier alpha value is -3.96. The van der Waals surface area contributed by atoms with Crippen LogP contribution in [0, 0.1) is 5.82 Å². The Balaban J connectivity index is 1.68. The fourth-order valence-electron chi connectivity index (χ4n) is 4.23. The normalized spacial score (nSPS) is 15.1. The third kappa shape index (κ3) is 4.81. The van der Waals surface area contributed by atoms with E-state index < -0.39 is 0 Å². The summed E-state index contributed by atoms with van der Waals surface area (Å²) in [6.45, 7) is 2.52. The molecule has 4 aromatic rings. The van der Waals surface area contributed by atoms with Crippen molar-refractivity contribution >= 4 is 22.9 Å². The first kappa shape index (κ1) is 22.8. The van der Waals surface area contributed by atoms with E-state index in [0.29, 0.717) is 17.2 Å². The number of para-hydroxylation sites is 1. The van der Waals surface area contributed by atoms with Gasteiger partial charge in [-0.15, -0.1) is 11.3 Å². The molecule has 1 atom stereocenters. The maximum absolute atomic E-state index is 13.8. The fraction of sp³-hybridized carbons (Fsp3) is 0.100. The third-order valence-corrected chi connectivity index (χ3v) is 6.71. The third-order valence-electron chi connectivity index (χ3n) is 5.82. The van der Waals surface area contributed by atoms with Crippen molar-refractivity contribution in [2.24, 2.45) is 0 Å². The number of ketones is 1. The Morgan fingerprint density at radius 1 is 1.00 bits per heavy atom. The van der Waals surface area contributed by atoms with Crippen molar-refractivity contribution in [3.63, 3.8) is 0 Å². The molecule has 1 aliphatic heterocycles. The summed E-state index contributed by atoms with van der Waals surface area (Å²) in [6.07, 6.45) is 3.42. The molecule has 174 valence electrons. The fourth-order valence-corrected chi connectivity index (χ4v) is 4.87. The molecule has 0 unspecified atom stereocenters. The van der Waals surface area contributed by atoms with E-state index in [4.69, 9.17) is 9.47 Å². The molecule has 0 N–H and O–H groups in total. The molecular formula is C30H23FO3S. The second-order valence-corrected chi connectivity index (χ2v) is 8.99. The minimum atomic E-state index is -0.297. The Kier molecular flexibility index (Phi) is 6.59. The number of allylic oxidation sites excluding steroid dienone is 3. The Labute approximate surface area is 207 Å². The number of halogens is 1. The molecule has 5 rings (SSSR count). The maximum atomic E-state index is 13.8. The number of hydrogen-bond donors (Lipinski definition) is 0. The summed E-state index contributed by atoms with van der Waals surface area (Å²) in [5.74, 6) is 1.54. The van der Waals surface area contributed by atoms with Crippen LogP contribution in [0.3, 0.4) is 0 Å². The number of thiophene rings is 1. The van der Waals surface area contributed by atoms with E-state index in [2.05, 4.69) is 0 Å². The zero-order chi connectivity index (χ0) is 24.2. The summed E-state index contributed by atoms with van der Waals surface area (Å²) in [5.41, 5.74) is 3.55. The lowest BCUT2D eigenvalue weighted by Crippen LogP contribution is -2.16. The van der Waals surface area contributed by atoms with E-state index in [1.165, 1.54) is 23.5 Å². The van der Waals surface area contributed by atoms with Crippen molar-refractivity contribution in [1.82, 2.24) is 0 Å². The largest absolute Gasteiger partial charge is 0.494 e. The summed E-state index contributed by atoms with van der Waals surface area (Å²) in [7, 11) is 0. The van der Waals surface area contributed by atoms with Crippen molar-refractivity contribution in [2.75, 3.05) is 6.61 Å². The first-order valence-corrected chi connectivity index (χ1v) is 12.3. The molecule has 1 aliphatic rings. The van der Waals surface area contributed by atoms with Crippen LogP contribution in [0.5, 0.6) is 11.5 Å². The van der Waals surface area contributed by atoms with Crippen LogP contribution in [-0.4, -0.2) is 12.4 Å². The van der Waals surface area contributed by atoms with Crippen LogP contribution in [0.2, 0.25) is 0 Å². The molecule has 0 aliphatic carbocycles. The average molecular weight is 483 g/mol. The highest BCUT2D eigenvalue weighted by Gasteiger charge is 2.30. The molecule has 0 saturated carbocycles. The molecular weight excluding hydrogens is 459 g/mol. The number of rotatable bonds is 7. The van der Waals surface area contributed by atoms with Crippen molar-refractivity contribution in [3.8, 4) is 11.5 Å². The van der Waals surface area contributed by atoms with E-state index in [1.807, 2.05) is 79.0 Å².